The molecule has 0 bridgehead atoms. The third kappa shape index (κ3) is 3.35. The van der Waals surface area contributed by atoms with E-state index < -0.39 is 9.76 Å². The first-order valence-corrected chi connectivity index (χ1v) is 10.2. The molecule has 0 saturated heterocycles. The summed E-state index contributed by atoms with van der Waals surface area (Å²) < 4.78 is 5.89. The Balaban J connectivity index is 2.20. The minimum absolute atomic E-state index is 0.134. The Bertz CT molecular complexity index is 629. The zero-order valence-corrected chi connectivity index (χ0v) is 15.6. The van der Waals surface area contributed by atoms with Gasteiger partial charge in [-0.25, -0.2) is 0 Å². The van der Waals surface area contributed by atoms with Crippen molar-refractivity contribution in [1.82, 2.24) is 0 Å². The lowest BCUT2D eigenvalue weighted by molar-refractivity contribution is 0.355. The van der Waals surface area contributed by atoms with Gasteiger partial charge in [0.05, 0.1) is 0 Å². The summed E-state index contributed by atoms with van der Waals surface area (Å²) >= 11 is 0. The summed E-state index contributed by atoms with van der Waals surface area (Å²) in [5.41, 5.74) is 3.89. The van der Waals surface area contributed by atoms with E-state index in [-0.39, 0.29) is 5.41 Å². The van der Waals surface area contributed by atoms with Gasteiger partial charge in [-0.1, -0.05) is 91.0 Å². The lowest BCUT2D eigenvalue weighted by Gasteiger charge is -2.36. The molecule has 0 fully saturated rings. The van der Waals surface area contributed by atoms with E-state index >= 15 is 0 Å². The van der Waals surface area contributed by atoms with Gasteiger partial charge in [0.25, 0.3) is 0 Å². The van der Waals surface area contributed by atoms with Gasteiger partial charge in [0, 0.05) is 12.0 Å². The Hall–Kier alpha value is -2.16. The molecule has 0 saturated carbocycles. The normalized spacial score (nSPS) is 11.9. The Morgan fingerprint density at radius 1 is 0.667 bits per heavy atom. The van der Waals surface area contributed by atoms with Crippen LogP contribution in [0.25, 0.3) is 0 Å². The van der Waals surface area contributed by atoms with Gasteiger partial charge in [0.15, 0.2) is 9.76 Å². The second-order valence-electron chi connectivity index (χ2n) is 5.95. The van der Waals surface area contributed by atoms with Crippen LogP contribution in [0.15, 0.2) is 91.0 Å². The van der Waals surface area contributed by atoms with Crippen LogP contribution in [-0.2, 0) is 9.84 Å². The molecule has 0 N–H and O–H groups in total. The quantitative estimate of drug-likeness (QED) is 0.350. The van der Waals surface area contributed by atoms with E-state index in [1.165, 1.54) is 16.7 Å². The lowest BCUT2D eigenvalue weighted by Crippen LogP contribution is -2.31. The van der Waals surface area contributed by atoms with Crippen LogP contribution in [0.2, 0.25) is 6.04 Å². The minimum atomic E-state index is -0.624. The molecule has 0 spiro atoms. The standard InChI is InChI=1S/C22H24OSi/c1-2-23-24-18-22(19-12-6-3-7-13-19,20-14-8-4-9-15-20)21-16-10-5-11-17-21/h3-17H,2,18,24H2,1H3. The molecule has 0 aliphatic carbocycles. The first-order chi connectivity index (χ1) is 11.9. The van der Waals surface area contributed by atoms with Gasteiger partial charge in [-0.15, -0.1) is 0 Å². The summed E-state index contributed by atoms with van der Waals surface area (Å²) in [6, 6.07) is 33.6. The van der Waals surface area contributed by atoms with Crippen molar-refractivity contribution in [2.75, 3.05) is 6.61 Å². The molecule has 1 nitrogen and oxygen atoms in total. The highest BCUT2D eigenvalue weighted by Crippen LogP contribution is 2.42. The van der Waals surface area contributed by atoms with Crippen molar-refractivity contribution in [3.05, 3.63) is 108 Å². The average Bonchev–Trinajstić information content (AvgIpc) is 2.68. The van der Waals surface area contributed by atoms with E-state index in [9.17, 15) is 0 Å². The summed E-state index contributed by atoms with van der Waals surface area (Å²) in [6.07, 6.45) is 0. The van der Waals surface area contributed by atoms with Crippen molar-refractivity contribution in [2.45, 2.75) is 18.4 Å². The zero-order valence-electron chi connectivity index (χ0n) is 14.2. The number of rotatable bonds is 7. The molecule has 122 valence electrons. The number of benzene rings is 3. The Morgan fingerprint density at radius 2 is 1.04 bits per heavy atom. The average molecular weight is 333 g/mol. The van der Waals surface area contributed by atoms with E-state index in [1.54, 1.807) is 0 Å². The van der Waals surface area contributed by atoms with Crippen LogP contribution in [0, 0.1) is 0 Å². The van der Waals surface area contributed by atoms with Gasteiger partial charge in [-0.05, 0) is 29.7 Å². The minimum Gasteiger partial charge on any atom is -0.424 e. The van der Waals surface area contributed by atoms with Crippen molar-refractivity contribution >= 4 is 9.76 Å². The largest absolute Gasteiger partial charge is 0.424 e. The van der Waals surface area contributed by atoms with Crippen molar-refractivity contribution in [2.24, 2.45) is 0 Å². The molecule has 2 heteroatoms. The summed E-state index contributed by atoms with van der Waals surface area (Å²) in [6.45, 7) is 2.89. The fourth-order valence-corrected chi connectivity index (χ4v) is 5.08. The van der Waals surface area contributed by atoms with E-state index in [0.717, 1.165) is 12.7 Å². The van der Waals surface area contributed by atoms with E-state index in [0.29, 0.717) is 0 Å². The molecular formula is C22H24OSi. The zero-order chi connectivity index (χ0) is 16.7. The third-order valence-corrected chi connectivity index (χ3v) is 6.28. The Kier molecular flexibility index (Phi) is 5.62. The molecule has 3 aromatic rings. The van der Waals surface area contributed by atoms with E-state index in [1.807, 2.05) is 0 Å². The Labute approximate surface area is 147 Å². The molecule has 0 atom stereocenters. The van der Waals surface area contributed by atoms with Crippen LogP contribution in [0.3, 0.4) is 0 Å². The van der Waals surface area contributed by atoms with Gasteiger partial charge in [0.1, 0.15) is 0 Å². The summed E-state index contributed by atoms with van der Waals surface area (Å²) in [4.78, 5) is 0. The highest BCUT2D eigenvalue weighted by Gasteiger charge is 2.35. The van der Waals surface area contributed by atoms with E-state index in [2.05, 4.69) is 97.9 Å². The smallest absolute Gasteiger partial charge is 0.163 e. The van der Waals surface area contributed by atoms with Gasteiger partial charge in [-0.3, -0.25) is 0 Å². The molecule has 3 rings (SSSR count). The van der Waals surface area contributed by atoms with Crippen LogP contribution in [0.4, 0.5) is 0 Å². The van der Waals surface area contributed by atoms with Crippen LogP contribution < -0.4 is 0 Å². The Morgan fingerprint density at radius 3 is 1.38 bits per heavy atom. The van der Waals surface area contributed by atoms with Crippen LogP contribution in [0.1, 0.15) is 23.6 Å². The molecule has 0 aliphatic heterocycles. The fourth-order valence-electron chi connectivity index (χ4n) is 3.47. The SMILES string of the molecule is CCO[SiH2]CC(c1ccccc1)(c1ccccc1)c1ccccc1. The molecule has 0 unspecified atom stereocenters. The van der Waals surface area contributed by atoms with Crippen molar-refractivity contribution < 1.29 is 4.43 Å². The molecule has 24 heavy (non-hydrogen) atoms. The molecular weight excluding hydrogens is 308 g/mol. The first kappa shape index (κ1) is 16.7. The third-order valence-electron chi connectivity index (χ3n) is 4.63. The predicted octanol–water partition coefficient (Wildman–Crippen LogP) is 4.56. The molecule has 0 heterocycles. The molecule has 3 aromatic carbocycles. The van der Waals surface area contributed by atoms with Gasteiger partial charge >= 0.3 is 0 Å². The van der Waals surface area contributed by atoms with Gasteiger partial charge in [0.2, 0.25) is 0 Å². The molecule has 0 radical (unpaired) electrons. The van der Waals surface area contributed by atoms with Crippen molar-refractivity contribution in [3.63, 3.8) is 0 Å². The van der Waals surface area contributed by atoms with Gasteiger partial charge in [-0.2, -0.15) is 0 Å². The lowest BCUT2D eigenvalue weighted by atomic mass is 9.71. The highest BCUT2D eigenvalue weighted by atomic mass is 28.2. The topological polar surface area (TPSA) is 9.23 Å². The maximum absolute atomic E-state index is 5.89. The van der Waals surface area contributed by atoms with Crippen molar-refractivity contribution in [3.8, 4) is 0 Å². The van der Waals surface area contributed by atoms with Crippen LogP contribution in [0.5, 0.6) is 0 Å². The molecule has 0 aromatic heterocycles. The molecule has 0 aliphatic rings. The highest BCUT2D eigenvalue weighted by molar-refractivity contribution is 6.28. The van der Waals surface area contributed by atoms with Crippen LogP contribution in [-0.4, -0.2) is 16.4 Å². The fraction of sp³-hybridized carbons (Fsp3) is 0.182. The van der Waals surface area contributed by atoms with Crippen LogP contribution >= 0.6 is 0 Å². The second-order valence-corrected chi connectivity index (χ2v) is 7.27. The van der Waals surface area contributed by atoms with Crippen molar-refractivity contribution in [1.29, 1.82) is 0 Å². The summed E-state index contributed by atoms with van der Waals surface area (Å²) in [7, 11) is -0.624. The monoisotopic (exact) mass is 332 g/mol. The maximum Gasteiger partial charge on any atom is 0.163 e. The number of hydrogen-bond acceptors (Lipinski definition) is 1. The molecule has 0 amide bonds. The summed E-state index contributed by atoms with van der Waals surface area (Å²) in [5, 5.41) is 0. The number of hydrogen-bond donors (Lipinski definition) is 0. The second kappa shape index (κ2) is 8.09. The predicted molar refractivity (Wildman–Crippen MR) is 104 cm³/mol. The van der Waals surface area contributed by atoms with Gasteiger partial charge < -0.3 is 4.43 Å². The first-order valence-electron chi connectivity index (χ1n) is 8.62. The van der Waals surface area contributed by atoms with E-state index in [4.69, 9.17) is 4.43 Å². The maximum atomic E-state index is 5.89. The summed E-state index contributed by atoms with van der Waals surface area (Å²) in [5.74, 6) is 0.